The van der Waals surface area contributed by atoms with Crippen LogP contribution in [0, 0.1) is 5.82 Å². The number of nitrogens with zero attached hydrogens (tertiary/aromatic N) is 1. The molecule has 7 heteroatoms. The fourth-order valence-electron chi connectivity index (χ4n) is 2.51. The Morgan fingerprint density at radius 1 is 1.08 bits per heavy atom. The molecular weight excluding hydrogens is 348 g/mol. The molecule has 1 amide bonds. The summed E-state index contributed by atoms with van der Waals surface area (Å²) in [5.74, 6) is -0.722. The van der Waals surface area contributed by atoms with E-state index in [4.69, 9.17) is 0 Å². The fraction of sp³-hybridized carbons (Fsp3) is 0.316. The predicted octanol–water partition coefficient (Wildman–Crippen LogP) is 3.77. The van der Waals surface area contributed by atoms with E-state index >= 15 is 0 Å². The number of nitrogens with one attached hydrogen (secondary N) is 1. The Morgan fingerprint density at radius 2 is 1.81 bits per heavy atom. The molecule has 0 saturated carbocycles. The van der Waals surface area contributed by atoms with E-state index in [-0.39, 0.29) is 24.3 Å². The third-order valence-electron chi connectivity index (χ3n) is 3.71. The molecule has 0 aliphatic carbocycles. The minimum absolute atomic E-state index is 0.157. The molecule has 0 saturated heterocycles. The van der Waals surface area contributed by atoms with Crippen LogP contribution < -0.4 is 5.32 Å². The van der Waals surface area contributed by atoms with Crippen LogP contribution in [0.2, 0.25) is 0 Å². The van der Waals surface area contributed by atoms with Crippen LogP contribution in [0.1, 0.15) is 22.3 Å². The number of benzene rings is 2. The molecule has 0 heterocycles. The van der Waals surface area contributed by atoms with E-state index in [1.54, 1.807) is 12.1 Å². The molecule has 0 atom stereocenters. The Kier molecular flexibility index (Phi) is 6.37. The van der Waals surface area contributed by atoms with Crippen molar-refractivity contribution in [2.24, 2.45) is 0 Å². The lowest BCUT2D eigenvalue weighted by molar-refractivity contribution is -0.137. The van der Waals surface area contributed by atoms with Gasteiger partial charge in [-0.1, -0.05) is 24.3 Å². The van der Waals surface area contributed by atoms with Crippen molar-refractivity contribution in [3.05, 3.63) is 70.5 Å². The second-order valence-electron chi connectivity index (χ2n) is 6.32. The average Bonchev–Trinajstić information content (AvgIpc) is 2.54. The first-order valence-corrected chi connectivity index (χ1v) is 8.00. The number of amides is 1. The third kappa shape index (κ3) is 5.84. The summed E-state index contributed by atoms with van der Waals surface area (Å²) in [6.45, 7) is 0.607. The molecule has 2 aromatic carbocycles. The predicted molar refractivity (Wildman–Crippen MR) is 90.8 cm³/mol. The number of hydrogen-bond donors (Lipinski definition) is 1. The number of rotatable bonds is 6. The molecule has 2 aromatic rings. The highest BCUT2D eigenvalue weighted by Gasteiger charge is 2.30. The molecule has 140 valence electrons. The van der Waals surface area contributed by atoms with Crippen LogP contribution in [-0.2, 0) is 30.5 Å². The maximum atomic E-state index is 13.7. The molecule has 0 radical (unpaired) electrons. The van der Waals surface area contributed by atoms with Crippen LogP contribution in [0.5, 0.6) is 0 Å². The van der Waals surface area contributed by atoms with Crippen LogP contribution in [0.25, 0.3) is 0 Å². The van der Waals surface area contributed by atoms with Gasteiger partial charge in [0.15, 0.2) is 0 Å². The first-order valence-electron chi connectivity index (χ1n) is 8.00. The van der Waals surface area contributed by atoms with E-state index in [9.17, 15) is 22.4 Å². The number of alkyl halides is 3. The SMILES string of the molecule is CN(C)Cc1cc(CNC(=O)Cc2cccc(C(F)(F)F)c2)ccc1F. The van der Waals surface area contributed by atoms with E-state index in [1.807, 2.05) is 19.0 Å². The minimum atomic E-state index is -4.44. The van der Waals surface area contributed by atoms with E-state index < -0.39 is 17.6 Å². The van der Waals surface area contributed by atoms with Crippen molar-refractivity contribution in [3.63, 3.8) is 0 Å². The zero-order valence-corrected chi connectivity index (χ0v) is 14.5. The number of halogens is 4. The first-order chi connectivity index (χ1) is 12.1. The van der Waals surface area contributed by atoms with E-state index in [2.05, 4.69) is 5.32 Å². The summed E-state index contributed by atoms with van der Waals surface area (Å²) in [6, 6.07) is 9.26. The summed E-state index contributed by atoms with van der Waals surface area (Å²) >= 11 is 0. The largest absolute Gasteiger partial charge is 0.416 e. The van der Waals surface area contributed by atoms with Gasteiger partial charge < -0.3 is 10.2 Å². The maximum Gasteiger partial charge on any atom is 0.416 e. The normalized spacial score (nSPS) is 11.7. The molecule has 3 nitrogen and oxygen atoms in total. The maximum absolute atomic E-state index is 13.7. The highest BCUT2D eigenvalue weighted by molar-refractivity contribution is 5.78. The Morgan fingerprint density at radius 3 is 2.46 bits per heavy atom. The number of hydrogen-bond acceptors (Lipinski definition) is 2. The topological polar surface area (TPSA) is 32.3 Å². The summed E-state index contributed by atoms with van der Waals surface area (Å²) < 4.78 is 51.8. The van der Waals surface area contributed by atoms with E-state index in [1.165, 1.54) is 18.2 Å². The molecule has 0 unspecified atom stereocenters. The van der Waals surface area contributed by atoms with Crippen LogP contribution in [-0.4, -0.2) is 24.9 Å². The van der Waals surface area contributed by atoms with Gasteiger partial charge in [-0.15, -0.1) is 0 Å². The van der Waals surface area contributed by atoms with Crippen molar-refractivity contribution in [2.75, 3.05) is 14.1 Å². The zero-order valence-electron chi connectivity index (χ0n) is 14.5. The summed E-state index contributed by atoms with van der Waals surface area (Å²) in [5.41, 5.74) is 0.736. The van der Waals surface area contributed by atoms with E-state index in [0.717, 1.165) is 17.7 Å². The average molecular weight is 368 g/mol. The molecule has 0 aromatic heterocycles. The highest BCUT2D eigenvalue weighted by Crippen LogP contribution is 2.29. The van der Waals surface area contributed by atoms with Crippen molar-refractivity contribution < 1.29 is 22.4 Å². The van der Waals surface area contributed by atoms with Crippen molar-refractivity contribution in [1.29, 1.82) is 0 Å². The first kappa shape index (κ1) is 19.9. The molecular formula is C19H20F4N2O. The van der Waals surface area contributed by atoms with Gasteiger partial charge in [0.2, 0.25) is 5.91 Å². The second-order valence-corrected chi connectivity index (χ2v) is 6.32. The molecule has 0 bridgehead atoms. The van der Waals surface area contributed by atoms with Gasteiger partial charge in [-0.05, 0) is 43.4 Å². The number of carbonyl (C=O) groups excluding carboxylic acids is 1. The summed E-state index contributed by atoms with van der Waals surface area (Å²) in [5, 5.41) is 2.65. The van der Waals surface area contributed by atoms with Crippen LogP contribution >= 0.6 is 0 Å². The summed E-state index contributed by atoms with van der Waals surface area (Å²) in [4.78, 5) is 13.8. The fourth-order valence-corrected chi connectivity index (χ4v) is 2.51. The molecule has 0 aliphatic heterocycles. The lowest BCUT2D eigenvalue weighted by atomic mass is 10.1. The summed E-state index contributed by atoms with van der Waals surface area (Å²) in [6.07, 6.45) is -4.60. The van der Waals surface area contributed by atoms with Gasteiger partial charge in [0.05, 0.1) is 12.0 Å². The van der Waals surface area contributed by atoms with Gasteiger partial charge in [-0.25, -0.2) is 4.39 Å². The second kappa shape index (κ2) is 8.31. The molecule has 1 N–H and O–H groups in total. The Labute approximate surface area is 149 Å². The van der Waals surface area contributed by atoms with E-state index in [0.29, 0.717) is 12.1 Å². The molecule has 0 fully saturated rings. The van der Waals surface area contributed by atoms with Crippen LogP contribution in [0.4, 0.5) is 17.6 Å². The summed E-state index contributed by atoms with van der Waals surface area (Å²) in [7, 11) is 3.64. The van der Waals surface area contributed by atoms with Crippen LogP contribution in [0.3, 0.4) is 0 Å². The Balaban J connectivity index is 1.97. The van der Waals surface area contributed by atoms with Gasteiger partial charge >= 0.3 is 6.18 Å². The molecule has 0 spiro atoms. The monoisotopic (exact) mass is 368 g/mol. The van der Waals surface area contributed by atoms with Gasteiger partial charge in [-0.3, -0.25) is 4.79 Å². The van der Waals surface area contributed by atoms with Gasteiger partial charge in [0.25, 0.3) is 0 Å². The van der Waals surface area contributed by atoms with Gasteiger partial charge in [-0.2, -0.15) is 13.2 Å². The van der Waals surface area contributed by atoms with Crippen molar-refractivity contribution in [1.82, 2.24) is 10.2 Å². The zero-order chi connectivity index (χ0) is 19.3. The lowest BCUT2D eigenvalue weighted by Crippen LogP contribution is -2.25. The minimum Gasteiger partial charge on any atom is -0.352 e. The lowest BCUT2D eigenvalue weighted by Gasteiger charge is -2.13. The Bertz CT molecular complexity index is 772. The molecule has 2 rings (SSSR count). The quantitative estimate of drug-likeness (QED) is 0.788. The Hall–Kier alpha value is -2.41. The van der Waals surface area contributed by atoms with Gasteiger partial charge in [0.1, 0.15) is 5.82 Å². The third-order valence-corrected chi connectivity index (χ3v) is 3.71. The van der Waals surface area contributed by atoms with Crippen molar-refractivity contribution in [2.45, 2.75) is 25.7 Å². The van der Waals surface area contributed by atoms with Gasteiger partial charge in [0, 0.05) is 18.7 Å². The van der Waals surface area contributed by atoms with Crippen molar-refractivity contribution >= 4 is 5.91 Å². The smallest absolute Gasteiger partial charge is 0.352 e. The van der Waals surface area contributed by atoms with Crippen LogP contribution in [0.15, 0.2) is 42.5 Å². The molecule has 26 heavy (non-hydrogen) atoms. The highest BCUT2D eigenvalue weighted by atomic mass is 19.4. The number of carbonyl (C=O) groups is 1. The standard InChI is InChI=1S/C19H20F4N2O/c1-25(2)12-15-8-14(6-7-17(15)20)11-24-18(26)10-13-4-3-5-16(9-13)19(21,22)23/h3-9H,10-12H2,1-2H3,(H,24,26). The van der Waals surface area contributed by atoms with Crippen molar-refractivity contribution in [3.8, 4) is 0 Å². The molecule has 0 aliphatic rings.